The quantitative estimate of drug-likeness (QED) is 0.108. The predicted molar refractivity (Wildman–Crippen MR) is 174 cm³/mol. The summed E-state index contributed by atoms with van der Waals surface area (Å²) in [6.07, 6.45) is 3.27. The third-order valence-electron chi connectivity index (χ3n) is 8.22. The van der Waals surface area contributed by atoms with E-state index in [9.17, 15) is 14.7 Å². The average Bonchev–Trinajstić information content (AvgIpc) is 3.36. The lowest BCUT2D eigenvalue weighted by Gasteiger charge is -2.36. The van der Waals surface area contributed by atoms with Crippen LogP contribution in [0.25, 0.3) is 11.1 Å². The molecule has 4 aromatic carbocycles. The number of thioether (sulfide) groups is 1. The Labute approximate surface area is 271 Å². The normalized spacial score (nSPS) is 19.3. The molecule has 8 nitrogen and oxygen atoms in total. The SMILES string of the molecule is O=C1c2ccccc2C(=O)N1Cc1cccc(-c2ccc([C@@H]3O[C@H](CSc4ncccn4)C[C@H](c4ccc(CO)cc4)O3)cc2)c1. The second-order valence-corrected chi connectivity index (χ2v) is 12.2. The zero-order valence-corrected chi connectivity index (χ0v) is 25.7. The van der Waals surface area contributed by atoms with Crippen molar-refractivity contribution in [1.29, 1.82) is 0 Å². The van der Waals surface area contributed by atoms with Gasteiger partial charge in [-0.25, -0.2) is 9.97 Å². The number of amides is 2. The number of carbonyl (C=O) groups is 2. The number of fused-ring (bicyclic) bond motifs is 1. The van der Waals surface area contributed by atoms with E-state index in [1.807, 2.05) is 72.8 Å². The molecule has 0 spiro atoms. The molecule has 0 unspecified atom stereocenters. The molecule has 3 atom stereocenters. The second kappa shape index (κ2) is 13.4. The van der Waals surface area contributed by atoms with Crippen LogP contribution in [0.2, 0.25) is 0 Å². The molecule has 0 radical (unpaired) electrons. The van der Waals surface area contributed by atoms with E-state index in [2.05, 4.69) is 9.97 Å². The highest BCUT2D eigenvalue weighted by molar-refractivity contribution is 7.99. The van der Waals surface area contributed by atoms with Crippen molar-refractivity contribution in [2.75, 3.05) is 5.75 Å². The molecule has 3 heterocycles. The lowest BCUT2D eigenvalue weighted by Crippen LogP contribution is -2.31. The summed E-state index contributed by atoms with van der Waals surface area (Å²) in [6, 6.07) is 32.6. The molecule has 9 heteroatoms. The highest BCUT2D eigenvalue weighted by Crippen LogP contribution is 2.39. The van der Waals surface area contributed by atoms with Crippen molar-refractivity contribution in [2.24, 2.45) is 0 Å². The summed E-state index contributed by atoms with van der Waals surface area (Å²) in [4.78, 5) is 35.8. The third-order valence-corrected chi connectivity index (χ3v) is 9.22. The molecule has 1 N–H and O–H groups in total. The van der Waals surface area contributed by atoms with Crippen molar-refractivity contribution in [1.82, 2.24) is 14.9 Å². The molecule has 2 aliphatic heterocycles. The van der Waals surface area contributed by atoms with Gasteiger partial charge in [0, 0.05) is 30.1 Å². The maximum absolute atomic E-state index is 12.9. The topological polar surface area (TPSA) is 102 Å². The summed E-state index contributed by atoms with van der Waals surface area (Å²) in [5.74, 6) is 0.143. The number of hydrogen-bond acceptors (Lipinski definition) is 8. The van der Waals surface area contributed by atoms with Crippen LogP contribution in [0.1, 0.15) is 61.8 Å². The van der Waals surface area contributed by atoms with E-state index >= 15 is 0 Å². The van der Waals surface area contributed by atoms with E-state index in [4.69, 9.17) is 9.47 Å². The third kappa shape index (κ3) is 6.36. The molecular weight excluding hydrogens is 598 g/mol. The number of ether oxygens (including phenoxy) is 2. The molecule has 1 fully saturated rings. The van der Waals surface area contributed by atoms with Gasteiger partial charge in [-0.1, -0.05) is 90.6 Å². The zero-order valence-electron chi connectivity index (χ0n) is 24.9. The van der Waals surface area contributed by atoms with Crippen molar-refractivity contribution in [3.63, 3.8) is 0 Å². The number of hydrogen-bond donors (Lipinski definition) is 1. The summed E-state index contributed by atoms with van der Waals surface area (Å²) >= 11 is 1.56. The number of benzene rings is 4. The number of carbonyl (C=O) groups excluding carboxylic acids is 2. The van der Waals surface area contributed by atoms with Crippen molar-refractivity contribution >= 4 is 23.6 Å². The van der Waals surface area contributed by atoms with Gasteiger partial charge in [0.15, 0.2) is 11.4 Å². The monoisotopic (exact) mass is 629 g/mol. The van der Waals surface area contributed by atoms with Gasteiger partial charge in [0.1, 0.15) is 0 Å². The fourth-order valence-electron chi connectivity index (χ4n) is 5.80. The zero-order chi connectivity index (χ0) is 31.5. The maximum Gasteiger partial charge on any atom is 0.261 e. The Balaban J connectivity index is 1.08. The van der Waals surface area contributed by atoms with Gasteiger partial charge in [0.2, 0.25) is 0 Å². The minimum atomic E-state index is -0.576. The Morgan fingerprint density at radius 1 is 0.739 bits per heavy atom. The van der Waals surface area contributed by atoms with Crippen LogP contribution in [0.15, 0.2) is 121 Å². The summed E-state index contributed by atoms with van der Waals surface area (Å²) in [7, 11) is 0. The minimum absolute atomic E-state index is 0.00803. The van der Waals surface area contributed by atoms with Crippen LogP contribution in [0, 0.1) is 0 Å². The van der Waals surface area contributed by atoms with Gasteiger partial charge >= 0.3 is 0 Å². The largest absolute Gasteiger partial charge is 0.392 e. The molecule has 1 saturated heterocycles. The molecule has 2 amide bonds. The van der Waals surface area contributed by atoms with Gasteiger partial charge in [0.25, 0.3) is 11.8 Å². The average molecular weight is 630 g/mol. The molecular formula is C37H31N3O5S. The molecule has 7 rings (SSSR count). The summed E-state index contributed by atoms with van der Waals surface area (Å²) in [5, 5.41) is 10.2. The van der Waals surface area contributed by atoms with Crippen LogP contribution < -0.4 is 0 Å². The van der Waals surface area contributed by atoms with Crippen LogP contribution in [0.4, 0.5) is 0 Å². The molecule has 2 aliphatic rings. The van der Waals surface area contributed by atoms with Crippen LogP contribution in [-0.4, -0.2) is 43.6 Å². The smallest absolute Gasteiger partial charge is 0.261 e. The molecule has 1 aromatic heterocycles. The lowest BCUT2D eigenvalue weighted by atomic mass is 9.99. The van der Waals surface area contributed by atoms with Crippen LogP contribution >= 0.6 is 11.8 Å². The first kappa shape index (κ1) is 30.0. The minimum Gasteiger partial charge on any atom is -0.392 e. The van der Waals surface area contributed by atoms with Crippen LogP contribution in [0.5, 0.6) is 0 Å². The first-order valence-electron chi connectivity index (χ1n) is 15.1. The molecule has 0 aliphatic carbocycles. The number of imide groups is 1. The molecule has 230 valence electrons. The number of rotatable bonds is 9. The van der Waals surface area contributed by atoms with Gasteiger partial charge < -0.3 is 14.6 Å². The fourth-order valence-corrected chi connectivity index (χ4v) is 6.62. The standard InChI is InChI=1S/C37H31N3O5S/c41-22-24-9-11-27(12-10-24)33-20-30(23-46-37-38-17-4-18-39-37)44-36(45-33)28-15-13-26(14-16-28)29-6-3-5-25(19-29)21-40-34(42)31-7-1-2-8-32(31)35(40)43/h1-19,30,33,36,41H,20-23H2/t30-,33+,36+/m0/s1. The maximum atomic E-state index is 12.9. The predicted octanol–water partition coefficient (Wildman–Crippen LogP) is 6.77. The molecule has 0 bridgehead atoms. The van der Waals surface area contributed by atoms with Gasteiger partial charge in [-0.05, 0) is 52.1 Å². The Kier molecular flexibility index (Phi) is 8.72. The van der Waals surface area contributed by atoms with Gasteiger partial charge in [0.05, 0.1) is 36.5 Å². The van der Waals surface area contributed by atoms with Crippen molar-refractivity contribution in [3.05, 3.63) is 149 Å². The van der Waals surface area contributed by atoms with E-state index < -0.39 is 6.29 Å². The van der Waals surface area contributed by atoms with E-state index in [0.717, 1.165) is 33.4 Å². The highest BCUT2D eigenvalue weighted by atomic mass is 32.2. The van der Waals surface area contributed by atoms with Crippen molar-refractivity contribution in [3.8, 4) is 11.1 Å². The Morgan fingerprint density at radius 3 is 2.13 bits per heavy atom. The number of aliphatic hydroxyl groups is 1. The molecule has 46 heavy (non-hydrogen) atoms. The van der Waals surface area contributed by atoms with Crippen molar-refractivity contribution < 1.29 is 24.2 Å². The van der Waals surface area contributed by atoms with Crippen LogP contribution in [-0.2, 0) is 22.6 Å². The van der Waals surface area contributed by atoms with Gasteiger partial charge in [-0.15, -0.1) is 0 Å². The summed E-state index contributed by atoms with van der Waals surface area (Å²) < 4.78 is 13.0. The second-order valence-electron chi connectivity index (χ2n) is 11.3. The lowest BCUT2D eigenvalue weighted by molar-refractivity contribution is -0.245. The van der Waals surface area contributed by atoms with Gasteiger partial charge in [-0.2, -0.15) is 0 Å². The number of aromatic nitrogens is 2. The fraction of sp³-hybridized carbons (Fsp3) is 0.189. The Morgan fingerprint density at radius 2 is 1.43 bits per heavy atom. The summed E-state index contributed by atoms with van der Waals surface area (Å²) in [6.45, 7) is 0.196. The summed E-state index contributed by atoms with van der Waals surface area (Å²) in [5.41, 5.74) is 6.52. The van der Waals surface area contributed by atoms with Crippen molar-refractivity contribution in [2.45, 2.75) is 43.2 Å². The Hall–Kier alpha value is -4.67. The number of aliphatic hydroxyl groups excluding tert-OH is 1. The van der Waals surface area contributed by atoms with E-state index in [0.29, 0.717) is 28.5 Å². The molecule has 0 saturated carbocycles. The van der Waals surface area contributed by atoms with Gasteiger partial charge in [-0.3, -0.25) is 14.5 Å². The first-order chi connectivity index (χ1) is 22.6. The number of nitrogens with zero attached hydrogens (tertiary/aromatic N) is 3. The van der Waals surface area contributed by atoms with E-state index in [1.165, 1.54) is 4.90 Å². The van der Waals surface area contributed by atoms with Crippen LogP contribution in [0.3, 0.4) is 0 Å². The molecule has 5 aromatic rings. The van der Waals surface area contributed by atoms with E-state index in [-0.39, 0.29) is 37.2 Å². The first-order valence-corrected chi connectivity index (χ1v) is 16.1. The highest BCUT2D eigenvalue weighted by Gasteiger charge is 2.35. The Bertz CT molecular complexity index is 1810. The van der Waals surface area contributed by atoms with E-state index in [1.54, 1.807) is 54.5 Å².